The van der Waals surface area contributed by atoms with Crippen LogP contribution in [-0.2, 0) is 15.7 Å². The minimum Gasteiger partial charge on any atom is -0.480 e. The fourth-order valence-electron chi connectivity index (χ4n) is 3.24. The van der Waals surface area contributed by atoms with E-state index in [1.807, 2.05) is 4.90 Å². The molecule has 2 saturated heterocycles. The van der Waals surface area contributed by atoms with Crippen LogP contribution in [0.25, 0.3) is 0 Å². The number of nitrogens with zero attached hydrogens (tertiary/aromatic N) is 3. The number of aliphatic carboxylic acids is 1. The van der Waals surface area contributed by atoms with E-state index >= 15 is 0 Å². The van der Waals surface area contributed by atoms with E-state index in [1.54, 1.807) is 11.0 Å². The van der Waals surface area contributed by atoms with Crippen LogP contribution in [0.15, 0.2) is 18.2 Å². The van der Waals surface area contributed by atoms with Gasteiger partial charge in [0.2, 0.25) is 0 Å². The normalized spacial score (nSPS) is 25.4. The number of carboxylic acid groups (broad SMARTS) is 1. The van der Waals surface area contributed by atoms with Gasteiger partial charge in [0, 0.05) is 25.6 Å². The predicted molar refractivity (Wildman–Crippen MR) is 78.8 cm³/mol. The maximum atomic E-state index is 12.9. The average molecular weight is 345 g/mol. The molecule has 6 nitrogen and oxygen atoms in total. The fraction of sp³-hybridized carbons (Fsp3) is 0.600. The summed E-state index contributed by atoms with van der Waals surface area (Å²) in [5.74, 6) is -0.640. The molecule has 1 N–H and O–H groups in total. The quantitative estimate of drug-likeness (QED) is 0.891. The Bertz CT molecular complexity index is 611. The molecule has 0 spiro atoms. The molecule has 24 heavy (non-hydrogen) atoms. The summed E-state index contributed by atoms with van der Waals surface area (Å²) in [6.07, 6.45) is -4.49. The monoisotopic (exact) mass is 345 g/mol. The van der Waals surface area contributed by atoms with Crippen molar-refractivity contribution in [3.8, 4) is 0 Å². The third kappa shape index (κ3) is 3.78. The van der Waals surface area contributed by atoms with Crippen molar-refractivity contribution in [2.75, 3.05) is 44.3 Å². The van der Waals surface area contributed by atoms with E-state index in [9.17, 15) is 18.0 Å². The third-order valence-electron chi connectivity index (χ3n) is 4.27. The lowest BCUT2D eigenvalue weighted by Crippen LogP contribution is -2.46. The largest absolute Gasteiger partial charge is 0.480 e. The molecule has 2 aliphatic rings. The molecule has 3 heterocycles. The van der Waals surface area contributed by atoms with Gasteiger partial charge in [0.15, 0.2) is 0 Å². The van der Waals surface area contributed by atoms with Gasteiger partial charge in [-0.15, -0.1) is 0 Å². The Morgan fingerprint density at radius 1 is 1.29 bits per heavy atom. The van der Waals surface area contributed by atoms with E-state index < -0.39 is 17.8 Å². The third-order valence-corrected chi connectivity index (χ3v) is 4.27. The number of hydrogen-bond donors (Lipinski definition) is 1. The van der Waals surface area contributed by atoms with Gasteiger partial charge >= 0.3 is 12.1 Å². The number of fused-ring (bicyclic) bond motifs is 3. The predicted octanol–water partition coefficient (Wildman–Crippen LogP) is 1.32. The fourth-order valence-corrected chi connectivity index (χ4v) is 3.24. The van der Waals surface area contributed by atoms with Gasteiger partial charge in [-0.05, 0) is 12.1 Å². The Kier molecular flexibility index (Phi) is 4.64. The van der Waals surface area contributed by atoms with Crippen LogP contribution in [0.3, 0.4) is 0 Å². The van der Waals surface area contributed by atoms with E-state index in [0.717, 1.165) is 6.07 Å². The van der Waals surface area contributed by atoms with Crippen molar-refractivity contribution in [2.24, 2.45) is 5.92 Å². The van der Waals surface area contributed by atoms with E-state index in [0.29, 0.717) is 32.8 Å². The standard InChI is InChI=1S/C15H18F3N3O3/c16-15(17,18)12-2-1-3-13(19-12)21-5-10-4-20(7-14(22)23)11(6-21)9-24-8-10/h1-3,10-11H,4-9H2,(H,22,23)/t10-,11+/m1/s1. The number of halogens is 3. The summed E-state index contributed by atoms with van der Waals surface area (Å²) in [7, 11) is 0. The van der Waals surface area contributed by atoms with Gasteiger partial charge in [-0.25, -0.2) is 4.98 Å². The molecule has 2 atom stereocenters. The van der Waals surface area contributed by atoms with Crippen LogP contribution in [0.4, 0.5) is 19.0 Å². The molecule has 0 amide bonds. The van der Waals surface area contributed by atoms with Crippen molar-refractivity contribution < 1.29 is 27.8 Å². The minimum atomic E-state index is -4.49. The Balaban J connectivity index is 1.84. The Hall–Kier alpha value is -1.87. The van der Waals surface area contributed by atoms with Crippen LogP contribution in [0.1, 0.15) is 5.69 Å². The van der Waals surface area contributed by atoms with Crippen molar-refractivity contribution in [1.82, 2.24) is 9.88 Å². The summed E-state index contributed by atoms with van der Waals surface area (Å²) in [4.78, 5) is 18.4. The summed E-state index contributed by atoms with van der Waals surface area (Å²) in [6, 6.07) is 3.66. The molecule has 3 rings (SSSR count). The van der Waals surface area contributed by atoms with Crippen LogP contribution in [0.5, 0.6) is 0 Å². The summed E-state index contributed by atoms with van der Waals surface area (Å²) >= 11 is 0. The van der Waals surface area contributed by atoms with Crippen molar-refractivity contribution in [2.45, 2.75) is 12.2 Å². The highest BCUT2D eigenvalue weighted by atomic mass is 19.4. The van der Waals surface area contributed by atoms with Crippen molar-refractivity contribution in [3.63, 3.8) is 0 Å². The second-order valence-corrected chi connectivity index (χ2v) is 6.16. The molecule has 9 heteroatoms. The van der Waals surface area contributed by atoms with Gasteiger partial charge in [-0.2, -0.15) is 13.2 Å². The number of anilines is 1. The van der Waals surface area contributed by atoms with Gasteiger partial charge in [0.1, 0.15) is 11.5 Å². The first-order valence-corrected chi connectivity index (χ1v) is 7.65. The topological polar surface area (TPSA) is 65.9 Å². The van der Waals surface area contributed by atoms with E-state index in [1.165, 1.54) is 6.07 Å². The Morgan fingerprint density at radius 2 is 2.08 bits per heavy atom. The molecule has 1 aromatic heterocycles. The van der Waals surface area contributed by atoms with Crippen molar-refractivity contribution in [3.05, 3.63) is 23.9 Å². The number of aromatic nitrogens is 1. The summed E-state index contributed by atoms with van der Waals surface area (Å²) in [5, 5.41) is 9.05. The molecular weight excluding hydrogens is 327 g/mol. The number of pyridine rings is 1. The average Bonchev–Trinajstić information content (AvgIpc) is 2.75. The Labute approximate surface area is 136 Å². The second-order valence-electron chi connectivity index (χ2n) is 6.16. The first-order chi connectivity index (χ1) is 11.3. The number of hydrogen-bond acceptors (Lipinski definition) is 5. The minimum absolute atomic E-state index is 0.0215. The second kappa shape index (κ2) is 6.56. The number of ether oxygens (including phenoxy) is 1. The van der Waals surface area contributed by atoms with E-state index in [2.05, 4.69) is 4.98 Å². The smallest absolute Gasteiger partial charge is 0.433 e. The molecule has 132 valence electrons. The Morgan fingerprint density at radius 3 is 2.79 bits per heavy atom. The first-order valence-electron chi connectivity index (χ1n) is 7.65. The summed E-state index contributed by atoms with van der Waals surface area (Å²) in [6.45, 7) is 2.14. The van der Waals surface area contributed by atoms with Crippen LogP contribution in [0, 0.1) is 5.92 Å². The number of alkyl halides is 3. The molecule has 0 aliphatic carbocycles. The summed E-state index contributed by atoms with van der Waals surface area (Å²) in [5.41, 5.74) is -0.923. The lowest BCUT2D eigenvalue weighted by molar-refractivity contribution is -0.141. The molecule has 0 unspecified atom stereocenters. The van der Waals surface area contributed by atoms with Crippen LogP contribution >= 0.6 is 0 Å². The maximum absolute atomic E-state index is 12.9. The molecule has 1 aromatic rings. The van der Waals surface area contributed by atoms with E-state index in [4.69, 9.17) is 9.84 Å². The van der Waals surface area contributed by atoms with Gasteiger partial charge in [-0.1, -0.05) is 6.07 Å². The van der Waals surface area contributed by atoms with Gasteiger partial charge < -0.3 is 14.7 Å². The zero-order chi connectivity index (χ0) is 17.3. The SMILES string of the molecule is O=C(O)CN1C[C@H]2COC[C@@H]1CN(c1cccc(C(F)(F)F)n1)C2. The molecule has 2 bridgehead atoms. The first kappa shape index (κ1) is 17.0. The van der Waals surface area contributed by atoms with Crippen molar-refractivity contribution in [1.29, 1.82) is 0 Å². The summed E-state index contributed by atoms with van der Waals surface area (Å²) < 4.78 is 44.2. The highest BCUT2D eigenvalue weighted by Crippen LogP contribution is 2.30. The maximum Gasteiger partial charge on any atom is 0.433 e. The molecular formula is C15H18F3N3O3. The van der Waals surface area contributed by atoms with Gasteiger partial charge in [0.25, 0.3) is 0 Å². The molecule has 2 aliphatic heterocycles. The highest BCUT2D eigenvalue weighted by Gasteiger charge is 2.36. The number of carboxylic acids is 1. The number of rotatable bonds is 3. The zero-order valence-electron chi connectivity index (χ0n) is 12.9. The molecule has 0 aromatic carbocycles. The van der Waals surface area contributed by atoms with Gasteiger partial charge in [-0.3, -0.25) is 9.69 Å². The van der Waals surface area contributed by atoms with Crippen LogP contribution in [-0.4, -0.2) is 66.4 Å². The van der Waals surface area contributed by atoms with Crippen molar-refractivity contribution >= 4 is 11.8 Å². The van der Waals surface area contributed by atoms with E-state index in [-0.39, 0.29) is 24.3 Å². The lowest BCUT2D eigenvalue weighted by atomic mass is 10.1. The highest BCUT2D eigenvalue weighted by molar-refractivity contribution is 5.69. The van der Waals surface area contributed by atoms with Gasteiger partial charge in [0.05, 0.1) is 25.8 Å². The van der Waals surface area contributed by atoms with Crippen LogP contribution in [0.2, 0.25) is 0 Å². The lowest BCUT2D eigenvalue weighted by Gasteiger charge is -2.31. The zero-order valence-corrected chi connectivity index (χ0v) is 12.9. The molecule has 0 saturated carbocycles. The van der Waals surface area contributed by atoms with Crippen LogP contribution < -0.4 is 4.90 Å². The number of carbonyl (C=O) groups is 1. The molecule has 2 fully saturated rings. The molecule has 0 radical (unpaired) electrons.